The Bertz CT molecular complexity index is 1500. The number of carbonyl (C=O) groups is 1. The number of carbonyl (C=O) groups excluding carboxylic acids is 1. The third-order valence-electron chi connectivity index (χ3n) is 6.15. The highest BCUT2D eigenvalue weighted by molar-refractivity contribution is 7.89. The molecule has 4 rings (SSSR count). The molecule has 0 saturated carbocycles. The van der Waals surface area contributed by atoms with Gasteiger partial charge in [0.2, 0.25) is 11.7 Å². The van der Waals surface area contributed by atoms with Crippen molar-refractivity contribution < 1.29 is 39.6 Å². The highest BCUT2D eigenvalue weighted by Crippen LogP contribution is 2.34. The molecule has 3 aromatic rings. The van der Waals surface area contributed by atoms with Crippen LogP contribution in [-0.2, 0) is 33.7 Å². The van der Waals surface area contributed by atoms with E-state index in [4.69, 9.17) is 5.73 Å². The second kappa shape index (κ2) is 10.6. The van der Waals surface area contributed by atoms with Gasteiger partial charge in [-0.15, -0.1) is 0 Å². The Labute approximate surface area is 223 Å². The van der Waals surface area contributed by atoms with Crippen LogP contribution in [-0.4, -0.2) is 50.6 Å². The normalized spacial score (nSPS) is 18.6. The number of nitrogen functional groups attached to an aromatic ring is 1. The maximum atomic E-state index is 13.7. The topological polar surface area (TPSA) is 144 Å². The van der Waals surface area contributed by atoms with Crippen LogP contribution in [0.15, 0.2) is 48.0 Å². The van der Waals surface area contributed by atoms with E-state index in [9.17, 15) is 39.6 Å². The quantitative estimate of drug-likeness (QED) is 0.417. The molecule has 1 aliphatic heterocycles. The summed E-state index contributed by atoms with van der Waals surface area (Å²) in [6.45, 7) is 0.911. The van der Waals surface area contributed by atoms with E-state index in [0.29, 0.717) is 12.6 Å². The number of sulfonamides is 1. The van der Waals surface area contributed by atoms with Crippen molar-refractivity contribution in [2.45, 2.75) is 55.8 Å². The molecule has 0 aliphatic carbocycles. The Hall–Kier alpha value is -3.86. The Balaban J connectivity index is 1.59. The molecule has 214 valence electrons. The van der Waals surface area contributed by atoms with Crippen molar-refractivity contribution in [1.82, 2.24) is 29.6 Å². The van der Waals surface area contributed by atoms with Crippen LogP contribution in [0, 0.1) is 0 Å². The summed E-state index contributed by atoms with van der Waals surface area (Å²) in [4.78, 5) is 26.9. The monoisotopic (exact) mass is 589 g/mol. The maximum Gasteiger partial charge on any atom is 0.451 e. The summed E-state index contributed by atoms with van der Waals surface area (Å²) in [5.41, 5.74) is 3.88. The summed E-state index contributed by atoms with van der Waals surface area (Å²) in [6, 6.07) is 1.64. The Morgan fingerprint density at radius 3 is 2.25 bits per heavy atom. The van der Waals surface area contributed by atoms with E-state index in [1.54, 1.807) is 6.92 Å². The van der Waals surface area contributed by atoms with Gasteiger partial charge in [-0.1, -0.05) is 0 Å². The van der Waals surface area contributed by atoms with Crippen LogP contribution >= 0.6 is 0 Å². The van der Waals surface area contributed by atoms with Crippen molar-refractivity contribution in [1.29, 1.82) is 0 Å². The van der Waals surface area contributed by atoms with Gasteiger partial charge in [0, 0.05) is 36.7 Å². The van der Waals surface area contributed by atoms with Crippen LogP contribution in [0.3, 0.4) is 0 Å². The summed E-state index contributed by atoms with van der Waals surface area (Å²) in [5, 5.41) is 2.01. The lowest BCUT2D eigenvalue weighted by Gasteiger charge is -2.26. The highest BCUT2D eigenvalue weighted by Gasteiger charge is 2.44. The number of rotatable bonds is 6. The molecule has 1 fully saturated rings. The molecular weight excluding hydrogens is 568 g/mol. The lowest BCUT2D eigenvalue weighted by molar-refractivity contribution is -0.145. The predicted molar refractivity (Wildman–Crippen MR) is 127 cm³/mol. The molecule has 1 saturated heterocycles. The van der Waals surface area contributed by atoms with Gasteiger partial charge in [0.1, 0.15) is 6.04 Å². The molecule has 17 heteroatoms. The minimum absolute atomic E-state index is 0.0906. The molecular formula is C23H21F6N7O3S. The van der Waals surface area contributed by atoms with Crippen molar-refractivity contribution in [2.75, 3.05) is 5.73 Å². The lowest BCUT2D eigenvalue weighted by Crippen LogP contribution is -2.48. The average molecular weight is 590 g/mol. The number of nitrogens with one attached hydrogen (secondary N) is 1. The smallest absolute Gasteiger partial charge is 0.397 e. The molecule has 1 amide bonds. The summed E-state index contributed by atoms with van der Waals surface area (Å²) < 4.78 is 107. The van der Waals surface area contributed by atoms with Crippen molar-refractivity contribution in [3.63, 3.8) is 0 Å². The van der Waals surface area contributed by atoms with Gasteiger partial charge in [-0.25, -0.2) is 23.4 Å². The maximum absolute atomic E-state index is 13.7. The van der Waals surface area contributed by atoms with Gasteiger partial charge >= 0.3 is 12.4 Å². The Kier molecular flexibility index (Phi) is 7.72. The molecule has 0 unspecified atom stereocenters. The Morgan fingerprint density at radius 1 is 1.00 bits per heavy atom. The fraction of sp³-hybridized carbons (Fsp3) is 0.348. The van der Waals surface area contributed by atoms with E-state index in [2.05, 4.69) is 25.3 Å². The molecule has 10 nitrogen and oxygen atoms in total. The van der Waals surface area contributed by atoms with Gasteiger partial charge in [0.15, 0.2) is 5.03 Å². The van der Waals surface area contributed by atoms with Crippen LogP contribution < -0.4 is 11.1 Å². The van der Waals surface area contributed by atoms with Gasteiger partial charge in [0.05, 0.1) is 23.1 Å². The largest absolute Gasteiger partial charge is 0.451 e. The molecule has 0 spiro atoms. The van der Waals surface area contributed by atoms with E-state index in [1.165, 1.54) is 12.1 Å². The third-order valence-corrected chi connectivity index (χ3v) is 8.09. The van der Waals surface area contributed by atoms with Gasteiger partial charge in [0.25, 0.3) is 10.0 Å². The fourth-order valence-corrected chi connectivity index (χ4v) is 5.98. The minimum Gasteiger partial charge on any atom is -0.397 e. The van der Waals surface area contributed by atoms with E-state index in [-0.39, 0.29) is 28.4 Å². The van der Waals surface area contributed by atoms with Crippen LogP contribution in [0.1, 0.15) is 36.7 Å². The zero-order chi connectivity index (χ0) is 29.5. The van der Waals surface area contributed by atoms with Crippen LogP contribution in [0.2, 0.25) is 0 Å². The number of pyridine rings is 2. The van der Waals surface area contributed by atoms with E-state index >= 15 is 0 Å². The van der Waals surface area contributed by atoms with Gasteiger partial charge < -0.3 is 11.1 Å². The second-order valence-electron chi connectivity index (χ2n) is 8.94. The fourth-order valence-electron chi connectivity index (χ4n) is 4.23. The SMILES string of the molecule is C[C@H]1CC[C@@H](C(=O)NCc2cc(-c3cnc(C(F)(F)F)nc3)ncc2C(F)(F)F)N1S(=O)(=O)c1ccc(N)cn1. The van der Waals surface area contributed by atoms with E-state index < -0.39 is 63.9 Å². The summed E-state index contributed by atoms with van der Waals surface area (Å²) in [7, 11) is -4.25. The van der Waals surface area contributed by atoms with E-state index in [0.717, 1.165) is 29.0 Å². The first-order chi connectivity index (χ1) is 18.6. The summed E-state index contributed by atoms with van der Waals surface area (Å²) >= 11 is 0. The first kappa shape index (κ1) is 29.1. The van der Waals surface area contributed by atoms with Gasteiger partial charge in [-0.05, 0) is 43.5 Å². The van der Waals surface area contributed by atoms with Crippen molar-refractivity contribution in [3.8, 4) is 11.3 Å². The molecule has 0 aromatic carbocycles. The molecule has 2 atom stereocenters. The standard InChI is InChI=1S/C23H21F6N7O3S/c1-12-2-4-18(36(12)40(38,39)19-5-3-15(30)10-32-19)20(37)33-7-13-6-17(31-11-16(13)22(24,25)26)14-8-34-21(35-9-14)23(27,28)29/h3,5-6,8-12,18H,2,4,7,30H2,1H3,(H,33,37)/t12-,18-/m0/s1. The number of nitrogens with two attached hydrogens (primary N) is 1. The number of hydrogen-bond acceptors (Lipinski definition) is 8. The Morgan fingerprint density at radius 2 is 1.68 bits per heavy atom. The molecule has 3 N–H and O–H groups in total. The molecule has 1 aliphatic rings. The number of anilines is 1. The molecule has 3 aromatic heterocycles. The van der Waals surface area contributed by atoms with Gasteiger partial charge in [-0.2, -0.15) is 30.6 Å². The number of halogens is 6. The predicted octanol–water partition coefficient (Wildman–Crippen LogP) is 3.41. The van der Waals surface area contributed by atoms with Gasteiger partial charge in [-0.3, -0.25) is 9.78 Å². The second-order valence-corrected chi connectivity index (χ2v) is 10.7. The van der Waals surface area contributed by atoms with Crippen LogP contribution in [0.4, 0.5) is 32.0 Å². The number of hydrogen-bond donors (Lipinski definition) is 2. The lowest BCUT2D eigenvalue weighted by atomic mass is 10.1. The first-order valence-corrected chi connectivity index (χ1v) is 13.0. The molecule has 4 heterocycles. The van der Waals surface area contributed by atoms with Crippen molar-refractivity contribution in [3.05, 3.63) is 59.9 Å². The highest BCUT2D eigenvalue weighted by atomic mass is 32.2. The minimum atomic E-state index is -4.87. The average Bonchev–Trinajstić information content (AvgIpc) is 3.28. The number of nitrogens with zero attached hydrogens (tertiary/aromatic N) is 5. The van der Waals surface area contributed by atoms with Crippen molar-refractivity contribution in [2.24, 2.45) is 0 Å². The zero-order valence-corrected chi connectivity index (χ0v) is 21.3. The zero-order valence-electron chi connectivity index (χ0n) is 20.5. The molecule has 0 radical (unpaired) electrons. The van der Waals surface area contributed by atoms with Crippen molar-refractivity contribution >= 4 is 21.6 Å². The summed E-state index contributed by atoms with van der Waals surface area (Å²) in [6.07, 6.45) is -6.11. The third kappa shape index (κ3) is 5.99. The molecule has 0 bridgehead atoms. The number of aromatic nitrogens is 4. The summed E-state index contributed by atoms with van der Waals surface area (Å²) in [5.74, 6) is -2.28. The number of alkyl halides is 6. The van der Waals surface area contributed by atoms with Crippen LogP contribution in [0.5, 0.6) is 0 Å². The first-order valence-electron chi connectivity index (χ1n) is 11.6. The number of amides is 1. The van der Waals surface area contributed by atoms with Crippen LogP contribution in [0.25, 0.3) is 11.3 Å². The molecule has 40 heavy (non-hydrogen) atoms. The van der Waals surface area contributed by atoms with E-state index in [1.807, 2.05) is 0 Å².